The number of hydrogen-bond acceptors (Lipinski definition) is 4. The number of fused-ring (bicyclic) bond motifs is 1. The SMILES string of the molecule is CCCN(C(=O)OCc1ccccc1)C1CCC(c2ncc3c(Cl)nccn23)CC1. The van der Waals surface area contributed by atoms with E-state index in [0.717, 1.165) is 55.6 Å². The zero-order valence-electron chi connectivity index (χ0n) is 17.2. The molecule has 158 valence electrons. The van der Waals surface area contributed by atoms with Crippen LogP contribution in [0.2, 0.25) is 5.15 Å². The second-order valence-corrected chi connectivity index (χ2v) is 8.19. The van der Waals surface area contributed by atoms with Crippen molar-refractivity contribution >= 4 is 23.2 Å². The van der Waals surface area contributed by atoms with Gasteiger partial charge in [0.05, 0.1) is 6.20 Å². The lowest BCUT2D eigenvalue weighted by Crippen LogP contribution is -2.43. The smallest absolute Gasteiger partial charge is 0.410 e. The monoisotopic (exact) mass is 426 g/mol. The van der Waals surface area contributed by atoms with Crippen molar-refractivity contribution in [3.63, 3.8) is 0 Å². The van der Waals surface area contributed by atoms with Gasteiger partial charge >= 0.3 is 6.09 Å². The van der Waals surface area contributed by atoms with E-state index in [-0.39, 0.29) is 12.1 Å². The summed E-state index contributed by atoms with van der Waals surface area (Å²) in [4.78, 5) is 23.5. The van der Waals surface area contributed by atoms with Crippen molar-refractivity contribution in [1.82, 2.24) is 19.3 Å². The third-order valence-electron chi connectivity index (χ3n) is 5.85. The number of carbonyl (C=O) groups is 1. The average Bonchev–Trinajstić information content (AvgIpc) is 3.22. The van der Waals surface area contributed by atoms with Gasteiger partial charge < -0.3 is 9.64 Å². The molecular weight excluding hydrogens is 400 g/mol. The maximum atomic E-state index is 12.8. The molecule has 1 aromatic carbocycles. The summed E-state index contributed by atoms with van der Waals surface area (Å²) in [5.41, 5.74) is 1.85. The molecule has 0 unspecified atom stereocenters. The van der Waals surface area contributed by atoms with Crippen LogP contribution in [0.3, 0.4) is 0 Å². The Kier molecular flexibility index (Phi) is 6.53. The molecule has 1 amide bonds. The summed E-state index contributed by atoms with van der Waals surface area (Å²) < 4.78 is 7.65. The second kappa shape index (κ2) is 9.47. The van der Waals surface area contributed by atoms with Crippen LogP contribution < -0.4 is 0 Å². The van der Waals surface area contributed by atoms with Crippen LogP contribution in [0.25, 0.3) is 5.52 Å². The van der Waals surface area contributed by atoms with Crippen LogP contribution >= 0.6 is 11.6 Å². The van der Waals surface area contributed by atoms with Gasteiger partial charge in [0.1, 0.15) is 17.9 Å². The van der Waals surface area contributed by atoms with Crippen molar-refractivity contribution in [3.8, 4) is 0 Å². The van der Waals surface area contributed by atoms with Crippen molar-refractivity contribution in [2.75, 3.05) is 6.54 Å². The third kappa shape index (κ3) is 4.43. The highest BCUT2D eigenvalue weighted by molar-refractivity contribution is 6.32. The van der Waals surface area contributed by atoms with Gasteiger partial charge in [0.15, 0.2) is 5.15 Å². The van der Waals surface area contributed by atoms with Gasteiger partial charge in [-0.3, -0.25) is 4.40 Å². The van der Waals surface area contributed by atoms with Gasteiger partial charge in [-0.25, -0.2) is 14.8 Å². The Morgan fingerprint density at radius 1 is 1.20 bits per heavy atom. The molecule has 30 heavy (non-hydrogen) atoms. The number of halogens is 1. The van der Waals surface area contributed by atoms with E-state index in [2.05, 4.69) is 16.9 Å². The van der Waals surface area contributed by atoms with Crippen LogP contribution in [0, 0.1) is 0 Å². The molecule has 1 aliphatic rings. The Bertz CT molecular complexity index is 983. The van der Waals surface area contributed by atoms with E-state index < -0.39 is 0 Å². The molecule has 0 atom stereocenters. The molecule has 3 aromatic rings. The number of amides is 1. The third-order valence-corrected chi connectivity index (χ3v) is 6.14. The summed E-state index contributed by atoms with van der Waals surface area (Å²) in [7, 11) is 0. The molecule has 0 spiro atoms. The number of nitrogens with zero attached hydrogens (tertiary/aromatic N) is 4. The highest BCUT2D eigenvalue weighted by Crippen LogP contribution is 2.35. The molecule has 2 aromatic heterocycles. The van der Waals surface area contributed by atoms with Crippen LogP contribution in [0.5, 0.6) is 0 Å². The van der Waals surface area contributed by atoms with Crippen LogP contribution in [0.15, 0.2) is 48.9 Å². The van der Waals surface area contributed by atoms with E-state index in [4.69, 9.17) is 16.3 Å². The van der Waals surface area contributed by atoms with Gasteiger partial charge in [-0.05, 0) is 37.7 Å². The summed E-state index contributed by atoms with van der Waals surface area (Å²) in [6, 6.07) is 10.0. The van der Waals surface area contributed by atoms with Gasteiger partial charge in [-0.1, -0.05) is 48.9 Å². The molecule has 4 rings (SSSR count). The first kappa shape index (κ1) is 20.7. The molecule has 0 saturated heterocycles. The molecule has 0 radical (unpaired) electrons. The number of imidazole rings is 1. The summed E-state index contributed by atoms with van der Waals surface area (Å²) in [6.07, 6.45) is 9.97. The molecule has 2 heterocycles. The van der Waals surface area contributed by atoms with Crippen molar-refractivity contribution in [2.45, 2.75) is 57.6 Å². The summed E-state index contributed by atoms with van der Waals surface area (Å²) in [6.45, 7) is 3.12. The van der Waals surface area contributed by atoms with E-state index in [1.807, 2.05) is 45.8 Å². The predicted octanol–water partition coefficient (Wildman–Crippen LogP) is 5.46. The zero-order valence-corrected chi connectivity index (χ0v) is 18.0. The Labute approximate surface area is 181 Å². The highest BCUT2D eigenvalue weighted by Gasteiger charge is 2.31. The van der Waals surface area contributed by atoms with Gasteiger partial charge in [0.2, 0.25) is 0 Å². The van der Waals surface area contributed by atoms with Crippen LogP contribution in [-0.4, -0.2) is 37.9 Å². The maximum absolute atomic E-state index is 12.8. The molecule has 0 N–H and O–H groups in total. The fraction of sp³-hybridized carbons (Fsp3) is 0.435. The van der Waals surface area contributed by atoms with E-state index in [1.165, 1.54) is 0 Å². The molecule has 6 nitrogen and oxygen atoms in total. The Hall–Kier alpha value is -2.60. The fourth-order valence-corrected chi connectivity index (χ4v) is 4.53. The molecule has 1 aliphatic carbocycles. The lowest BCUT2D eigenvalue weighted by atomic mass is 9.84. The molecule has 0 aliphatic heterocycles. The van der Waals surface area contributed by atoms with E-state index in [0.29, 0.717) is 17.7 Å². The number of rotatable bonds is 6. The average molecular weight is 427 g/mol. The Morgan fingerprint density at radius 2 is 1.97 bits per heavy atom. The largest absolute Gasteiger partial charge is 0.445 e. The molecule has 1 fully saturated rings. The zero-order chi connectivity index (χ0) is 20.9. The van der Waals surface area contributed by atoms with Gasteiger partial charge in [0.25, 0.3) is 0 Å². The number of carbonyl (C=O) groups excluding carboxylic acids is 1. The molecule has 7 heteroatoms. The van der Waals surface area contributed by atoms with Crippen LogP contribution in [0.1, 0.15) is 56.3 Å². The quantitative estimate of drug-likeness (QED) is 0.525. The highest BCUT2D eigenvalue weighted by atomic mass is 35.5. The van der Waals surface area contributed by atoms with E-state index in [1.54, 1.807) is 12.4 Å². The van der Waals surface area contributed by atoms with E-state index in [9.17, 15) is 4.79 Å². The normalized spacial score (nSPS) is 19.0. The number of benzene rings is 1. The lowest BCUT2D eigenvalue weighted by Gasteiger charge is -2.36. The van der Waals surface area contributed by atoms with Gasteiger partial charge in [-0.2, -0.15) is 0 Å². The van der Waals surface area contributed by atoms with Crippen molar-refractivity contribution in [1.29, 1.82) is 0 Å². The van der Waals surface area contributed by atoms with Crippen molar-refractivity contribution in [2.24, 2.45) is 0 Å². The topological polar surface area (TPSA) is 59.7 Å². The van der Waals surface area contributed by atoms with Crippen LogP contribution in [-0.2, 0) is 11.3 Å². The Balaban J connectivity index is 1.39. The molecular formula is C23H27ClN4O2. The molecule has 0 bridgehead atoms. The predicted molar refractivity (Wildman–Crippen MR) is 117 cm³/mol. The maximum Gasteiger partial charge on any atom is 0.410 e. The van der Waals surface area contributed by atoms with Crippen LogP contribution in [0.4, 0.5) is 4.79 Å². The minimum atomic E-state index is -0.215. The van der Waals surface area contributed by atoms with Crippen molar-refractivity contribution in [3.05, 3.63) is 65.5 Å². The second-order valence-electron chi connectivity index (χ2n) is 7.83. The fourth-order valence-electron chi connectivity index (χ4n) is 4.33. The summed E-state index contributed by atoms with van der Waals surface area (Å²) in [5, 5.41) is 0.472. The number of ether oxygens (including phenoxy) is 1. The number of hydrogen-bond donors (Lipinski definition) is 0. The van der Waals surface area contributed by atoms with E-state index >= 15 is 0 Å². The first-order valence-corrected chi connectivity index (χ1v) is 11.0. The minimum absolute atomic E-state index is 0.209. The van der Waals surface area contributed by atoms with Crippen molar-refractivity contribution < 1.29 is 9.53 Å². The first-order chi connectivity index (χ1) is 14.7. The molecule has 1 saturated carbocycles. The van der Waals surface area contributed by atoms with Gasteiger partial charge in [0, 0.05) is 30.9 Å². The summed E-state index contributed by atoms with van der Waals surface area (Å²) in [5.74, 6) is 1.38. The minimum Gasteiger partial charge on any atom is -0.445 e. The van der Waals surface area contributed by atoms with Gasteiger partial charge in [-0.15, -0.1) is 0 Å². The first-order valence-electron chi connectivity index (χ1n) is 10.6. The Morgan fingerprint density at radius 3 is 2.70 bits per heavy atom. The lowest BCUT2D eigenvalue weighted by molar-refractivity contribution is 0.0700. The standard InChI is InChI=1S/C23H27ClN4O2/c1-2-13-27(23(29)30-16-17-6-4-3-5-7-17)19-10-8-18(9-11-19)22-26-15-20-21(24)25-12-14-28(20)22/h3-7,12,14-15,18-19H,2,8-11,13,16H2,1H3. The summed E-state index contributed by atoms with van der Waals surface area (Å²) >= 11 is 6.19. The number of aromatic nitrogens is 3.